The quantitative estimate of drug-likeness (QED) is 0.907. The molecule has 1 aromatic rings. The Hall–Kier alpha value is -1.27. The maximum absolute atomic E-state index is 11.7. The number of carbonyl (C=O) groups excluding carboxylic acids is 1. The van der Waals surface area contributed by atoms with Crippen LogP contribution in [-0.2, 0) is 14.8 Å². The van der Waals surface area contributed by atoms with Crippen LogP contribution in [0.3, 0.4) is 0 Å². The number of amides is 1. The zero-order valence-electron chi connectivity index (χ0n) is 10.3. The topological polar surface area (TPSA) is 80.5 Å². The second-order valence-electron chi connectivity index (χ2n) is 4.07. The first-order valence-corrected chi connectivity index (χ1v) is 7.42. The highest BCUT2D eigenvalue weighted by Crippen LogP contribution is 2.26. The van der Waals surface area contributed by atoms with Crippen LogP contribution in [0.25, 0.3) is 0 Å². The van der Waals surface area contributed by atoms with Gasteiger partial charge in [-0.1, -0.05) is 17.7 Å². The van der Waals surface area contributed by atoms with Gasteiger partial charge >= 0.3 is 0 Å². The van der Waals surface area contributed by atoms with Crippen molar-refractivity contribution < 1.29 is 13.2 Å². The minimum absolute atomic E-state index is 0.319. The maximum Gasteiger partial charge on any atom is 0.241 e. The summed E-state index contributed by atoms with van der Waals surface area (Å²) in [5.74, 6) is -0.725. The molecule has 1 aromatic carbocycles. The van der Waals surface area contributed by atoms with Crippen LogP contribution >= 0.6 is 11.6 Å². The van der Waals surface area contributed by atoms with Gasteiger partial charge in [0.05, 0.1) is 11.9 Å². The minimum Gasteiger partial charge on any atom is -0.368 e. The van der Waals surface area contributed by atoms with Crippen LogP contribution in [0, 0.1) is 6.92 Å². The van der Waals surface area contributed by atoms with E-state index >= 15 is 0 Å². The van der Waals surface area contributed by atoms with Crippen molar-refractivity contribution in [1.29, 1.82) is 0 Å². The lowest BCUT2D eigenvalue weighted by molar-refractivity contribution is -0.118. The van der Waals surface area contributed by atoms with E-state index in [0.717, 1.165) is 16.1 Å². The molecule has 18 heavy (non-hydrogen) atoms. The number of nitrogens with two attached hydrogens (primary N) is 1. The van der Waals surface area contributed by atoms with E-state index in [1.165, 1.54) is 13.0 Å². The van der Waals surface area contributed by atoms with Crippen molar-refractivity contribution in [3.05, 3.63) is 28.8 Å². The van der Waals surface area contributed by atoms with Gasteiger partial charge in [0.15, 0.2) is 0 Å². The molecule has 0 spiro atoms. The summed E-state index contributed by atoms with van der Waals surface area (Å²) in [7, 11) is -3.62. The van der Waals surface area contributed by atoms with E-state index in [9.17, 15) is 13.2 Å². The molecule has 5 nitrogen and oxygen atoms in total. The van der Waals surface area contributed by atoms with Crippen LogP contribution in [0.5, 0.6) is 0 Å². The molecule has 0 aliphatic rings. The lowest BCUT2D eigenvalue weighted by atomic mass is 10.2. The SMILES string of the molecule is Cc1ccc(N(C(C)C(N)=O)S(C)(=O)=O)cc1Cl. The first kappa shape index (κ1) is 14.8. The third-order valence-corrected chi connectivity index (χ3v) is 4.18. The highest BCUT2D eigenvalue weighted by atomic mass is 35.5. The summed E-state index contributed by atoms with van der Waals surface area (Å²) in [6.45, 7) is 3.23. The Bertz CT molecular complexity index is 572. The van der Waals surface area contributed by atoms with Crippen LogP contribution in [-0.4, -0.2) is 26.6 Å². The maximum atomic E-state index is 11.7. The number of rotatable bonds is 4. The molecular formula is C11H15ClN2O3S. The van der Waals surface area contributed by atoms with Crippen molar-refractivity contribution in [2.45, 2.75) is 19.9 Å². The van der Waals surface area contributed by atoms with Crippen molar-refractivity contribution in [3.63, 3.8) is 0 Å². The van der Waals surface area contributed by atoms with Gasteiger partial charge in [-0.2, -0.15) is 0 Å². The lowest BCUT2D eigenvalue weighted by Crippen LogP contribution is -2.45. The Kier molecular flexibility index (Phi) is 4.24. The lowest BCUT2D eigenvalue weighted by Gasteiger charge is -2.27. The predicted octanol–water partition coefficient (Wildman–Crippen LogP) is 1.29. The monoisotopic (exact) mass is 290 g/mol. The number of benzene rings is 1. The molecule has 1 atom stereocenters. The number of aryl methyl sites for hydroxylation is 1. The Balaban J connectivity index is 3.36. The normalized spacial score (nSPS) is 13.1. The Morgan fingerprint density at radius 3 is 2.39 bits per heavy atom. The summed E-state index contributed by atoms with van der Waals surface area (Å²) < 4.78 is 24.5. The summed E-state index contributed by atoms with van der Waals surface area (Å²) in [5.41, 5.74) is 6.30. The average molecular weight is 291 g/mol. The molecule has 0 fully saturated rings. The molecule has 0 bridgehead atoms. The molecule has 0 aliphatic carbocycles. The number of halogens is 1. The van der Waals surface area contributed by atoms with Crippen molar-refractivity contribution in [2.75, 3.05) is 10.6 Å². The molecule has 0 aromatic heterocycles. The van der Waals surface area contributed by atoms with Crippen LogP contribution in [0.4, 0.5) is 5.69 Å². The fourth-order valence-corrected chi connectivity index (χ4v) is 2.89. The van der Waals surface area contributed by atoms with Gasteiger partial charge in [-0.25, -0.2) is 8.42 Å². The molecule has 1 unspecified atom stereocenters. The molecule has 1 rings (SSSR count). The highest BCUT2D eigenvalue weighted by molar-refractivity contribution is 7.92. The molecule has 2 N–H and O–H groups in total. The molecule has 0 saturated carbocycles. The number of nitrogens with zero attached hydrogens (tertiary/aromatic N) is 1. The van der Waals surface area contributed by atoms with Gasteiger partial charge in [0.1, 0.15) is 6.04 Å². The van der Waals surface area contributed by atoms with E-state index in [4.69, 9.17) is 17.3 Å². The van der Waals surface area contributed by atoms with E-state index in [1.807, 2.05) is 0 Å². The van der Waals surface area contributed by atoms with Crippen LogP contribution in [0.15, 0.2) is 18.2 Å². The molecule has 0 saturated heterocycles. The van der Waals surface area contributed by atoms with Crippen LogP contribution in [0.1, 0.15) is 12.5 Å². The van der Waals surface area contributed by atoms with Gasteiger partial charge in [0.25, 0.3) is 0 Å². The fourth-order valence-electron chi connectivity index (χ4n) is 1.54. The van der Waals surface area contributed by atoms with Gasteiger partial charge in [-0.3, -0.25) is 9.10 Å². The largest absolute Gasteiger partial charge is 0.368 e. The zero-order valence-corrected chi connectivity index (χ0v) is 11.9. The summed E-state index contributed by atoms with van der Waals surface area (Å²) in [6.07, 6.45) is 1.01. The number of carbonyl (C=O) groups is 1. The number of anilines is 1. The van der Waals surface area contributed by atoms with Crippen molar-refractivity contribution in [3.8, 4) is 0 Å². The van der Waals surface area contributed by atoms with Crippen molar-refractivity contribution in [2.24, 2.45) is 5.73 Å². The van der Waals surface area contributed by atoms with Gasteiger partial charge in [-0.15, -0.1) is 0 Å². The summed E-state index contributed by atoms with van der Waals surface area (Å²) in [5, 5.41) is 0.429. The first-order valence-electron chi connectivity index (χ1n) is 5.19. The number of hydrogen-bond acceptors (Lipinski definition) is 3. The summed E-state index contributed by atoms with van der Waals surface area (Å²) in [4.78, 5) is 11.2. The van der Waals surface area contributed by atoms with E-state index in [-0.39, 0.29) is 0 Å². The molecule has 7 heteroatoms. The van der Waals surface area contributed by atoms with Gasteiger partial charge in [-0.05, 0) is 31.5 Å². The molecular weight excluding hydrogens is 276 g/mol. The first-order chi connectivity index (χ1) is 8.14. The molecule has 100 valence electrons. The zero-order chi connectivity index (χ0) is 14.1. The molecule has 0 heterocycles. The van der Waals surface area contributed by atoms with E-state index in [1.54, 1.807) is 19.1 Å². The Labute approximate surface area is 112 Å². The third-order valence-electron chi connectivity index (χ3n) is 2.53. The van der Waals surface area contributed by atoms with Crippen molar-refractivity contribution >= 4 is 33.2 Å². The fraction of sp³-hybridized carbons (Fsp3) is 0.364. The number of hydrogen-bond donors (Lipinski definition) is 1. The molecule has 0 aliphatic heterocycles. The smallest absolute Gasteiger partial charge is 0.241 e. The highest BCUT2D eigenvalue weighted by Gasteiger charge is 2.27. The standard InChI is InChI=1S/C11H15ClN2O3S/c1-7-4-5-9(6-10(7)12)14(18(3,16)17)8(2)11(13)15/h4-6,8H,1-3H3,(H2,13,15). The second kappa shape index (κ2) is 5.16. The number of primary amides is 1. The Morgan fingerprint density at radius 2 is 2.00 bits per heavy atom. The molecule has 1 amide bonds. The number of sulfonamides is 1. The van der Waals surface area contributed by atoms with Crippen LogP contribution < -0.4 is 10.0 Å². The van der Waals surface area contributed by atoms with Gasteiger partial charge in [0.2, 0.25) is 15.9 Å². The van der Waals surface area contributed by atoms with E-state index < -0.39 is 22.0 Å². The average Bonchev–Trinajstić information content (AvgIpc) is 2.21. The predicted molar refractivity (Wildman–Crippen MR) is 72.2 cm³/mol. The third kappa shape index (κ3) is 3.14. The van der Waals surface area contributed by atoms with E-state index in [0.29, 0.717) is 10.7 Å². The molecule has 0 radical (unpaired) electrons. The second-order valence-corrected chi connectivity index (χ2v) is 6.34. The van der Waals surface area contributed by atoms with Gasteiger partial charge < -0.3 is 5.73 Å². The van der Waals surface area contributed by atoms with Crippen LogP contribution in [0.2, 0.25) is 5.02 Å². The minimum atomic E-state index is -3.62. The summed E-state index contributed by atoms with van der Waals surface area (Å²) >= 11 is 5.95. The summed E-state index contributed by atoms with van der Waals surface area (Å²) in [6, 6.07) is 3.79. The van der Waals surface area contributed by atoms with Crippen molar-refractivity contribution in [1.82, 2.24) is 0 Å². The Morgan fingerprint density at radius 1 is 1.44 bits per heavy atom. The van der Waals surface area contributed by atoms with Gasteiger partial charge in [0, 0.05) is 5.02 Å². The van der Waals surface area contributed by atoms with E-state index in [2.05, 4.69) is 0 Å².